The van der Waals surface area contributed by atoms with E-state index in [0.29, 0.717) is 6.54 Å². The van der Waals surface area contributed by atoms with Gasteiger partial charge in [0.2, 0.25) is 0 Å². The van der Waals surface area contributed by atoms with E-state index >= 15 is 0 Å². The number of imidazole rings is 1. The molecule has 1 aromatic carbocycles. The number of aryl methyl sites for hydroxylation is 1. The lowest BCUT2D eigenvalue weighted by molar-refractivity contribution is 0.467. The highest BCUT2D eigenvalue weighted by Crippen LogP contribution is 2.27. The molecule has 108 valence electrons. The maximum absolute atomic E-state index is 5.73. The van der Waals surface area contributed by atoms with Gasteiger partial charge in [0.05, 0.1) is 11.0 Å². The van der Waals surface area contributed by atoms with Crippen LogP contribution in [0.1, 0.15) is 31.2 Å². The number of fused-ring (bicyclic) bond motifs is 1. The average Bonchev–Trinajstić information content (AvgIpc) is 2.84. The Hall–Kier alpha value is -1.00. The van der Waals surface area contributed by atoms with Gasteiger partial charge in [-0.05, 0) is 54.9 Å². The molecule has 4 heteroatoms. The summed E-state index contributed by atoms with van der Waals surface area (Å²) in [6.45, 7) is 3.79. The van der Waals surface area contributed by atoms with Crippen molar-refractivity contribution in [1.82, 2.24) is 9.55 Å². The van der Waals surface area contributed by atoms with Crippen molar-refractivity contribution in [1.29, 1.82) is 0 Å². The molecule has 0 bridgehead atoms. The van der Waals surface area contributed by atoms with Crippen molar-refractivity contribution in [3.8, 4) is 0 Å². The van der Waals surface area contributed by atoms with Gasteiger partial charge in [-0.1, -0.05) is 6.07 Å². The van der Waals surface area contributed by atoms with Crippen molar-refractivity contribution < 1.29 is 0 Å². The Balaban J connectivity index is 1.92. The third-order valence-corrected chi connectivity index (χ3v) is 5.30. The van der Waals surface area contributed by atoms with Gasteiger partial charge in [-0.3, -0.25) is 0 Å². The van der Waals surface area contributed by atoms with Gasteiger partial charge in [0, 0.05) is 19.5 Å². The second kappa shape index (κ2) is 6.19. The molecule has 3 nitrogen and oxygen atoms in total. The van der Waals surface area contributed by atoms with E-state index in [1.807, 2.05) is 0 Å². The predicted molar refractivity (Wildman–Crippen MR) is 87.1 cm³/mol. The first-order valence-corrected chi connectivity index (χ1v) is 8.73. The highest BCUT2D eigenvalue weighted by Gasteiger charge is 2.18. The van der Waals surface area contributed by atoms with E-state index in [1.165, 1.54) is 41.3 Å². The van der Waals surface area contributed by atoms with Crippen LogP contribution in [-0.2, 0) is 19.5 Å². The molecule has 1 fully saturated rings. The summed E-state index contributed by atoms with van der Waals surface area (Å²) in [5, 5.41) is 0. The summed E-state index contributed by atoms with van der Waals surface area (Å²) in [5.74, 6) is 4.70. The molecule has 1 saturated heterocycles. The molecule has 20 heavy (non-hydrogen) atoms. The predicted octanol–water partition coefficient (Wildman–Crippen LogP) is 3.20. The van der Waals surface area contributed by atoms with E-state index in [-0.39, 0.29) is 0 Å². The monoisotopic (exact) mass is 289 g/mol. The van der Waals surface area contributed by atoms with Crippen LogP contribution >= 0.6 is 11.8 Å². The highest BCUT2D eigenvalue weighted by atomic mass is 32.2. The Labute approximate surface area is 124 Å². The molecule has 2 heterocycles. The number of nitrogens with zero attached hydrogens (tertiary/aromatic N) is 2. The van der Waals surface area contributed by atoms with Crippen molar-refractivity contribution in [2.75, 3.05) is 11.5 Å². The Morgan fingerprint density at radius 3 is 2.85 bits per heavy atom. The molecule has 2 aromatic rings. The van der Waals surface area contributed by atoms with E-state index in [2.05, 4.69) is 41.5 Å². The topological polar surface area (TPSA) is 43.8 Å². The molecule has 2 N–H and O–H groups in total. The van der Waals surface area contributed by atoms with Crippen LogP contribution in [0.5, 0.6) is 0 Å². The van der Waals surface area contributed by atoms with Crippen LogP contribution in [0.3, 0.4) is 0 Å². The van der Waals surface area contributed by atoms with Gasteiger partial charge < -0.3 is 10.3 Å². The lowest BCUT2D eigenvalue weighted by Crippen LogP contribution is -2.15. The summed E-state index contributed by atoms with van der Waals surface area (Å²) in [4.78, 5) is 4.89. The smallest absolute Gasteiger partial charge is 0.110 e. The van der Waals surface area contributed by atoms with Crippen LogP contribution in [0.2, 0.25) is 0 Å². The molecule has 0 aliphatic carbocycles. The highest BCUT2D eigenvalue weighted by molar-refractivity contribution is 7.99. The fourth-order valence-corrected chi connectivity index (χ4v) is 4.27. The van der Waals surface area contributed by atoms with E-state index in [9.17, 15) is 0 Å². The SMILES string of the molecule is CCn1c(CC2CCSCC2)nc2cc(CN)ccc21. The third kappa shape index (κ3) is 2.72. The van der Waals surface area contributed by atoms with Crippen LogP contribution < -0.4 is 5.73 Å². The number of hydrogen-bond donors (Lipinski definition) is 1. The summed E-state index contributed by atoms with van der Waals surface area (Å²) >= 11 is 2.09. The van der Waals surface area contributed by atoms with Crippen molar-refractivity contribution in [3.05, 3.63) is 29.6 Å². The zero-order chi connectivity index (χ0) is 13.9. The molecule has 1 aromatic heterocycles. The molecule has 0 saturated carbocycles. The Kier molecular flexibility index (Phi) is 4.32. The molecular formula is C16H23N3S. The van der Waals surface area contributed by atoms with Crippen LogP contribution in [0, 0.1) is 5.92 Å². The fraction of sp³-hybridized carbons (Fsp3) is 0.562. The van der Waals surface area contributed by atoms with Gasteiger partial charge in [-0.25, -0.2) is 4.98 Å². The minimum absolute atomic E-state index is 0.587. The molecule has 0 atom stereocenters. The number of nitrogens with two attached hydrogens (primary N) is 1. The number of thioether (sulfide) groups is 1. The number of rotatable bonds is 4. The molecule has 1 aliphatic rings. The normalized spacial score (nSPS) is 16.9. The van der Waals surface area contributed by atoms with E-state index in [0.717, 1.165) is 24.4 Å². The maximum Gasteiger partial charge on any atom is 0.110 e. The molecule has 3 rings (SSSR count). The van der Waals surface area contributed by atoms with E-state index in [1.54, 1.807) is 0 Å². The van der Waals surface area contributed by atoms with Crippen LogP contribution in [0.4, 0.5) is 0 Å². The van der Waals surface area contributed by atoms with Crippen molar-refractivity contribution in [3.63, 3.8) is 0 Å². The van der Waals surface area contributed by atoms with E-state index in [4.69, 9.17) is 10.7 Å². The van der Waals surface area contributed by atoms with Gasteiger partial charge in [0.1, 0.15) is 5.82 Å². The quantitative estimate of drug-likeness (QED) is 0.940. The molecule has 0 spiro atoms. The first-order valence-electron chi connectivity index (χ1n) is 7.57. The number of hydrogen-bond acceptors (Lipinski definition) is 3. The third-order valence-electron chi connectivity index (χ3n) is 4.26. The minimum atomic E-state index is 0.587. The zero-order valence-corrected chi connectivity index (χ0v) is 13.0. The van der Waals surface area contributed by atoms with Gasteiger partial charge >= 0.3 is 0 Å². The van der Waals surface area contributed by atoms with Gasteiger partial charge in [-0.15, -0.1) is 0 Å². The lowest BCUT2D eigenvalue weighted by atomic mass is 9.98. The zero-order valence-electron chi connectivity index (χ0n) is 12.1. The Morgan fingerprint density at radius 1 is 1.35 bits per heavy atom. The summed E-state index contributed by atoms with van der Waals surface area (Å²) in [6.07, 6.45) is 3.80. The molecule has 0 radical (unpaired) electrons. The van der Waals surface area contributed by atoms with Gasteiger partial charge in [0.15, 0.2) is 0 Å². The Bertz CT molecular complexity index is 585. The van der Waals surface area contributed by atoms with Crippen molar-refractivity contribution in [2.45, 2.75) is 39.3 Å². The van der Waals surface area contributed by atoms with Crippen LogP contribution in [0.15, 0.2) is 18.2 Å². The molecule has 0 unspecified atom stereocenters. The van der Waals surface area contributed by atoms with Crippen LogP contribution in [0.25, 0.3) is 11.0 Å². The molecule has 0 amide bonds. The van der Waals surface area contributed by atoms with Crippen molar-refractivity contribution in [2.24, 2.45) is 11.7 Å². The maximum atomic E-state index is 5.73. The Morgan fingerprint density at radius 2 is 2.15 bits per heavy atom. The summed E-state index contributed by atoms with van der Waals surface area (Å²) in [6, 6.07) is 6.44. The average molecular weight is 289 g/mol. The van der Waals surface area contributed by atoms with E-state index < -0.39 is 0 Å². The summed E-state index contributed by atoms with van der Waals surface area (Å²) < 4.78 is 2.37. The second-order valence-electron chi connectivity index (χ2n) is 5.56. The molecule has 1 aliphatic heterocycles. The fourth-order valence-electron chi connectivity index (χ4n) is 3.07. The minimum Gasteiger partial charge on any atom is -0.328 e. The van der Waals surface area contributed by atoms with Crippen molar-refractivity contribution >= 4 is 22.8 Å². The second-order valence-corrected chi connectivity index (χ2v) is 6.78. The first kappa shape index (κ1) is 14.0. The van der Waals surface area contributed by atoms with Crippen LogP contribution in [-0.4, -0.2) is 21.1 Å². The number of aromatic nitrogens is 2. The molecular weight excluding hydrogens is 266 g/mol. The van der Waals surface area contributed by atoms with Gasteiger partial charge in [-0.2, -0.15) is 11.8 Å². The lowest BCUT2D eigenvalue weighted by Gasteiger charge is -2.21. The summed E-state index contributed by atoms with van der Waals surface area (Å²) in [7, 11) is 0. The standard InChI is InChI=1S/C16H23N3S/c1-2-19-15-4-3-13(11-17)9-14(15)18-16(19)10-12-5-7-20-8-6-12/h3-4,9,12H,2,5-8,10-11,17H2,1H3. The largest absolute Gasteiger partial charge is 0.328 e. The van der Waals surface area contributed by atoms with Gasteiger partial charge in [0.25, 0.3) is 0 Å². The summed E-state index contributed by atoms with van der Waals surface area (Å²) in [5.41, 5.74) is 9.26. The number of benzene rings is 1. The first-order chi connectivity index (χ1) is 9.81.